The van der Waals surface area contributed by atoms with Crippen molar-refractivity contribution in [2.45, 2.75) is 41.5 Å². The number of phenols is 1. The van der Waals surface area contributed by atoms with Crippen molar-refractivity contribution < 1.29 is 28.9 Å². The van der Waals surface area contributed by atoms with Gasteiger partial charge in [0.25, 0.3) is 0 Å². The molecule has 0 saturated carbocycles. The molecule has 0 fully saturated rings. The summed E-state index contributed by atoms with van der Waals surface area (Å²) in [6.07, 6.45) is 0. The van der Waals surface area contributed by atoms with Crippen LogP contribution in [0.25, 0.3) is 0 Å². The van der Waals surface area contributed by atoms with Crippen LogP contribution in [0.5, 0.6) is 11.5 Å². The standard InChI is InChI=1S/C22H25BrO6/c1-10-8-16(24)19(23)15(6)17(10)22(26)29-20-13(4)11(2)18(12(3)14(20)5)21(25)28-9-27-7/h8,24H,9H2,1-7H3. The molecule has 0 aliphatic heterocycles. The number of phenolic OH excluding ortho intramolecular Hbond substituents is 1. The van der Waals surface area contributed by atoms with Gasteiger partial charge in [-0.15, -0.1) is 0 Å². The van der Waals surface area contributed by atoms with E-state index in [1.807, 2.05) is 0 Å². The summed E-state index contributed by atoms with van der Waals surface area (Å²) in [6, 6.07) is 1.51. The van der Waals surface area contributed by atoms with Gasteiger partial charge in [-0.3, -0.25) is 0 Å². The number of rotatable bonds is 5. The number of aryl methyl sites for hydroxylation is 1. The molecule has 0 aromatic heterocycles. The van der Waals surface area contributed by atoms with E-state index in [0.717, 1.165) is 0 Å². The Morgan fingerprint density at radius 3 is 1.97 bits per heavy atom. The van der Waals surface area contributed by atoms with Crippen molar-refractivity contribution in [1.29, 1.82) is 0 Å². The predicted molar refractivity (Wildman–Crippen MR) is 113 cm³/mol. The van der Waals surface area contributed by atoms with Crippen LogP contribution in [0.4, 0.5) is 0 Å². The van der Waals surface area contributed by atoms with E-state index >= 15 is 0 Å². The minimum atomic E-state index is -0.527. The molecular formula is C22H25BrO6. The van der Waals surface area contributed by atoms with E-state index in [4.69, 9.17) is 14.2 Å². The first-order valence-corrected chi connectivity index (χ1v) is 9.79. The fourth-order valence-electron chi connectivity index (χ4n) is 3.32. The lowest BCUT2D eigenvalue weighted by Gasteiger charge is -2.20. The monoisotopic (exact) mass is 464 g/mol. The van der Waals surface area contributed by atoms with Crippen LogP contribution in [-0.2, 0) is 9.47 Å². The van der Waals surface area contributed by atoms with Crippen LogP contribution in [0.3, 0.4) is 0 Å². The summed E-state index contributed by atoms with van der Waals surface area (Å²) >= 11 is 3.30. The highest BCUT2D eigenvalue weighted by atomic mass is 79.9. The van der Waals surface area contributed by atoms with Crippen LogP contribution in [-0.4, -0.2) is 30.9 Å². The van der Waals surface area contributed by atoms with Gasteiger partial charge in [-0.2, -0.15) is 0 Å². The second-order valence-corrected chi connectivity index (χ2v) is 7.75. The third kappa shape index (κ3) is 4.31. The minimum Gasteiger partial charge on any atom is -0.507 e. The molecule has 0 atom stereocenters. The second-order valence-electron chi connectivity index (χ2n) is 6.96. The number of hydrogen-bond donors (Lipinski definition) is 1. The fourth-order valence-corrected chi connectivity index (χ4v) is 3.63. The molecule has 2 aromatic carbocycles. The zero-order valence-electron chi connectivity index (χ0n) is 17.7. The highest BCUT2D eigenvalue weighted by molar-refractivity contribution is 9.10. The van der Waals surface area contributed by atoms with Gasteiger partial charge in [0.1, 0.15) is 11.5 Å². The quantitative estimate of drug-likeness (QED) is 0.381. The maximum atomic E-state index is 13.0. The molecule has 1 N–H and O–H groups in total. The molecule has 6 nitrogen and oxygen atoms in total. The second kappa shape index (κ2) is 8.97. The van der Waals surface area contributed by atoms with E-state index in [-0.39, 0.29) is 12.5 Å². The van der Waals surface area contributed by atoms with E-state index in [1.165, 1.54) is 13.2 Å². The van der Waals surface area contributed by atoms with Crippen molar-refractivity contribution in [3.05, 3.63) is 55.0 Å². The molecule has 0 saturated heterocycles. The average Bonchev–Trinajstić information content (AvgIpc) is 2.66. The third-order valence-electron chi connectivity index (χ3n) is 5.14. The predicted octanol–water partition coefficient (Wildman–Crippen LogP) is 4.99. The topological polar surface area (TPSA) is 82.1 Å². The van der Waals surface area contributed by atoms with Gasteiger partial charge in [0.2, 0.25) is 0 Å². The van der Waals surface area contributed by atoms with Gasteiger partial charge in [0, 0.05) is 7.11 Å². The molecule has 0 heterocycles. The highest BCUT2D eigenvalue weighted by Crippen LogP contribution is 2.36. The van der Waals surface area contributed by atoms with E-state index in [2.05, 4.69) is 15.9 Å². The molecule has 0 amide bonds. The van der Waals surface area contributed by atoms with E-state index in [1.54, 1.807) is 41.5 Å². The lowest BCUT2D eigenvalue weighted by molar-refractivity contribution is -0.0126. The van der Waals surface area contributed by atoms with Crippen LogP contribution in [0.1, 0.15) is 54.1 Å². The summed E-state index contributed by atoms with van der Waals surface area (Å²) in [5.74, 6) is -0.536. The summed E-state index contributed by atoms with van der Waals surface area (Å²) in [5.41, 5.74) is 4.74. The number of benzene rings is 2. The number of esters is 2. The first-order chi connectivity index (χ1) is 13.5. The van der Waals surface area contributed by atoms with Crippen molar-refractivity contribution in [3.63, 3.8) is 0 Å². The van der Waals surface area contributed by atoms with E-state index in [0.29, 0.717) is 54.7 Å². The molecule has 7 heteroatoms. The van der Waals surface area contributed by atoms with Gasteiger partial charge in [0.15, 0.2) is 6.79 Å². The number of halogens is 1. The molecule has 0 bridgehead atoms. The maximum Gasteiger partial charge on any atom is 0.344 e. The van der Waals surface area contributed by atoms with Gasteiger partial charge in [-0.1, -0.05) is 0 Å². The summed E-state index contributed by atoms with van der Waals surface area (Å²) < 4.78 is 16.1. The number of carbonyl (C=O) groups excluding carboxylic acids is 2. The Morgan fingerprint density at radius 2 is 1.45 bits per heavy atom. The lowest BCUT2D eigenvalue weighted by Crippen LogP contribution is -2.17. The number of carbonyl (C=O) groups is 2. The van der Waals surface area contributed by atoms with Crippen LogP contribution in [0, 0.1) is 41.5 Å². The van der Waals surface area contributed by atoms with Crippen molar-refractivity contribution in [3.8, 4) is 11.5 Å². The number of ether oxygens (including phenoxy) is 3. The highest BCUT2D eigenvalue weighted by Gasteiger charge is 2.25. The molecular weight excluding hydrogens is 440 g/mol. The summed E-state index contributed by atoms with van der Waals surface area (Å²) in [6.45, 7) is 10.5. The Labute approximate surface area is 178 Å². The normalized spacial score (nSPS) is 10.8. The summed E-state index contributed by atoms with van der Waals surface area (Å²) in [5, 5.41) is 9.93. The average molecular weight is 465 g/mol. The van der Waals surface area contributed by atoms with Crippen molar-refractivity contribution >= 4 is 27.9 Å². The van der Waals surface area contributed by atoms with Crippen molar-refractivity contribution in [1.82, 2.24) is 0 Å². The Hall–Kier alpha value is -2.38. The molecule has 0 unspecified atom stereocenters. The van der Waals surface area contributed by atoms with Crippen LogP contribution in [0.2, 0.25) is 0 Å². The van der Waals surface area contributed by atoms with E-state index < -0.39 is 11.9 Å². The molecule has 0 aliphatic carbocycles. The number of aromatic hydroxyl groups is 1. The van der Waals surface area contributed by atoms with Gasteiger partial charge in [0.05, 0.1) is 15.6 Å². The number of methoxy groups -OCH3 is 1. The molecule has 156 valence electrons. The zero-order chi connectivity index (χ0) is 22.0. The summed E-state index contributed by atoms with van der Waals surface area (Å²) in [4.78, 5) is 25.4. The van der Waals surface area contributed by atoms with Crippen LogP contribution in [0.15, 0.2) is 10.5 Å². The van der Waals surface area contributed by atoms with Crippen molar-refractivity contribution in [2.75, 3.05) is 13.9 Å². The molecule has 0 radical (unpaired) electrons. The molecule has 0 aliphatic rings. The third-order valence-corrected chi connectivity index (χ3v) is 6.14. The van der Waals surface area contributed by atoms with Crippen molar-refractivity contribution in [2.24, 2.45) is 0 Å². The number of hydrogen-bond acceptors (Lipinski definition) is 6. The largest absolute Gasteiger partial charge is 0.507 e. The Balaban J connectivity index is 2.51. The summed E-state index contributed by atoms with van der Waals surface area (Å²) in [7, 11) is 1.44. The Kier molecular flexibility index (Phi) is 7.08. The SMILES string of the molecule is COCOC(=O)c1c(C)c(C)c(OC(=O)c2c(C)cc(O)c(Br)c2C)c(C)c1C. The van der Waals surface area contributed by atoms with Gasteiger partial charge in [-0.05, 0) is 96.9 Å². The zero-order valence-corrected chi connectivity index (χ0v) is 19.2. The molecule has 2 rings (SSSR count). The van der Waals surface area contributed by atoms with E-state index in [9.17, 15) is 14.7 Å². The lowest BCUT2D eigenvalue weighted by atomic mass is 9.93. The first-order valence-electron chi connectivity index (χ1n) is 9.00. The minimum absolute atomic E-state index is 0.0644. The first kappa shape index (κ1) is 22.9. The Morgan fingerprint density at radius 1 is 0.897 bits per heavy atom. The van der Waals surface area contributed by atoms with Crippen LogP contribution < -0.4 is 4.74 Å². The fraction of sp³-hybridized carbons (Fsp3) is 0.364. The Bertz CT molecular complexity index is 965. The smallest absolute Gasteiger partial charge is 0.344 e. The van der Waals surface area contributed by atoms with Crippen LogP contribution >= 0.6 is 15.9 Å². The molecule has 0 spiro atoms. The maximum absolute atomic E-state index is 13.0. The molecule has 29 heavy (non-hydrogen) atoms. The van der Waals surface area contributed by atoms with Gasteiger partial charge >= 0.3 is 11.9 Å². The van der Waals surface area contributed by atoms with Gasteiger partial charge in [-0.25, -0.2) is 9.59 Å². The van der Waals surface area contributed by atoms with Gasteiger partial charge < -0.3 is 19.3 Å². The molecule has 2 aromatic rings.